The van der Waals surface area contributed by atoms with Crippen LogP contribution in [-0.2, 0) is 17.6 Å². The summed E-state index contributed by atoms with van der Waals surface area (Å²) in [6.07, 6.45) is 2.04. The topological polar surface area (TPSA) is 18.5 Å². The molecule has 0 aliphatic carbocycles. The molecule has 100 valence electrons. The summed E-state index contributed by atoms with van der Waals surface area (Å²) in [6.45, 7) is 2.46. The van der Waals surface area contributed by atoms with Crippen LogP contribution in [0.2, 0.25) is 0 Å². The van der Waals surface area contributed by atoms with Crippen LogP contribution in [0.4, 0.5) is 0 Å². The Morgan fingerprint density at radius 1 is 0.789 bits per heavy atom. The summed E-state index contributed by atoms with van der Waals surface area (Å²) in [7, 11) is 1.62. The van der Waals surface area contributed by atoms with E-state index < -0.39 is 0 Å². The molecule has 0 atom stereocenters. The SMILES string of the molecule is CCc1ccc(Cc2ccc(OCOC)cc2)cc1. The average molecular weight is 256 g/mol. The molecule has 0 aliphatic rings. The highest BCUT2D eigenvalue weighted by atomic mass is 16.7. The van der Waals surface area contributed by atoms with Crippen molar-refractivity contribution in [2.45, 2.75) is 19.8 Å². The standard InChI is InChI=1S/C17H20O2/c1-3-14-4-6-15(7-5-14)12-16-8-10-17(11-9-16)19-13-18-2/h4-11H,3,12-13H2,1-2H3. The van der Waals surface area contributed by atoms with Crippen molar-refractivity contribution in [2.75, 3.05) is 13.9 Å². The molecule has 19 heavy (non-hydrogen) atoms. The molecule has 0 bridgehead atoms. The van der Waals surface area contributed by atoms with Crippen molar-refractivity contribution in [3.05, 3.63) is 65.2 Å². The van der Waals surface area contributed by atoms with Crippen molar-refractivity contribution in [1.82, 2.24) is 0 Å². The van der Waals surface area contributed by atoms with Gasteiger partial charge in [0.1, 0.15) is 5.75 Å². The molecule has 2 heteroatoms. The van der Waals surface area contributed by atoms with E-state index in [1.165, 1.54) is 16.7 Å². The zero-order chi connectivity index (χ0) is 13.5. The van der Waals surface area contributed by atoms with Crippen molar-refractivity contribution >= 4 is 0 Å². The van der Waals surface area contributed by atoms with Gasteiger partial charge >= 0.3 is 0 Å². The minimum atomic E-state index is 0.290. The Morgan fingerprint density at radius 2 is 1.32 bits per heavy atom. The van der Waals surface area contributed by atoms with Crippen LogP contribution in [0.5, 0.6) is 5.75 Å². The highest BCUT2D eigenvalue weighted by Crippen LogP contribution is 2.16. The van der Waals surface area contributed by atoms with Crippen LogP contribution < -0.4 is 4.74 Å². The van der Waals surface area contributed by atoms with Gasteiger partial charge in [0.15, 0.2) is 6.79 Å². The van der Waals surface area contributed by atoms with Gasteiger partial charge in [-0.15, -0.1) is 0 Å². The van der Waals surface area contributed by atoms with E-state index in [-0.39, 0.29) is 6.79 Å². The monoisotopic (exact) mass is 256 g/mol. The van der Waals surface area contributed by atoms with E-state index >= 15 is 0 Å². The van der Waals surface area contributed by atoms with E-state index in [0.717, 1.165) is 18.6 Å². The maximum atomic E-state index is 5.37. The van der Waals surface area contributed by atoms with Crippen molar-refractivity contribution in [1.29, 1.82) is 0 Å². The summed E-state index contributed by atoms with van der Waals surface area (Å²) in [5.74, 6) is 0.840. The molecule has 0 aromatic heterocycles. The molecule has 0 radical (unpaired) electrons. The van der Waals surface area contributed by atoms with Crippen molar-refractivity contribution < 1.29 is 9.47 Å². The first-order chi connectivity index (χ1) is 9.31. The number of ether oxygens (including phenoxy) is 2. The van der Waals surface area contributed by atoms with Gasteiger partial charge in [0.05, 0.1) is 0 Å². The number of hydrogen-bond acceptors (Lipinski definition) is 2. The summed E-state index contributed by atoms with van der Waals surface area (Å²) >= 11 is 0. The number of hydrogen-bond donors (Lipinski definition) is 0. The molecule has 0 spiro atoms. The number of benzene rings is 2. The van der Waals surface area contributed by atoms with E-state index in [1.807, 2.05) is 12.1 Å². The van der Waals surface area contributed by atoms with Gasteiger partial charge in [-0.05, 0) is 41.7 Å². The zero-order valence-corrected chi connectivity index (χ0v) is 11.6. The molecule has 2 rings (SSSR count). The zero-order valence-electron chi connectivity index (χ0n) is 11.6. The molecule has 0 saturated carbocycles. The molecule has 2 nitrogen and oxygen atoms in total. The van der Waals surface area contributed by atoms with E-state index in [9.17, 15) is 0 Å². The van der Waals surface area contributed by atoms with Gasteiger partial charge in [0.25, 0.3) is 0 Å². The van der Waals surface area contributed by atoms with E-state index in [1.54, 1.807) is 7.11 Å². The lowest BCUT2D eigenvalue weighted by molar-refractivity contribution is 0.0511. The Labute approximate surface area is 115 Å². The van der Waals surface area contributed by atoms with Crippen LogP contribution in [0.25, 0.3) is 0 Å². The van der Waals surface area contributed by atoms with Crippen LogP contribution in [0.3, 0.4) is 0 Å². The summed E-state index contributed by atoms with van der Waals surface area (Å²) < 4.78 is 10.2. The Morgan fingerprint density at radius 3 is 1.84 bits per heavy atom. The summed E-state index contributed by atoms with van der Waals surface area (Å²) in [6, 6.07) is 17.0. The Kier molecular flexibility index (Phi) is 4.99. The van der Waals surface area contributed by atoms with Gasteiger partial charge in [-0.25, -0.2) is 0 Å². The minimum Gasteiger partial charge on any atom is -0.468 e. The van der Waals surface area contributed by atoms with Crippen molar-refractivity contribution in [3.63, 3.8) is 0 Å². The Hall–Kier alpha value is -1.80. The molecule has 0 aliphatic heterocycles. The third-order valence-corrected chi connectivity index (χ3v) is 3.11. The molecule has 0 amide bonds. The number of rotatable bonds is 6. The maximum Gasteiger partial charge on any atom is 0.188 e. The predicted octanol–water partition coefficient (Wildman–Crippen LogP) is 3.82. The second kappa shape index (κ2) is 6.95. The Balaban J connectivity index is 1.98. The molecule has 0 saturated heterocycles. The van der Waals surface area contributed by atoms with Crippen LogP contribution in [0, 0.1) is 0 Å². The molecular formula is C17H20O2. The molecular weight excluding hydrogens is 236 g/mol. The molecule has 0 fully saturated rings. The predicted molar refractivity (Wildman–Crippen MR) is 77.6 cm³/mol. The minimum absolute atomic E-state index is 0.290. The lowest BCUT2D eigenvalue weighted by Crippen LogP contribution is -1.98. The van der Waals surface area contributed by atoms with Crippen molar-refractivity contribution in [2.24, 2.45) is 0 Å². The highest BCUT2D eigenvalue weighted by molar-refractivity contribution is 5.32. The summed E-state index contributed by atoms with van der Waals surface area (Å²) in [5.41, 5.74) is 4.00. The molecule has 2 aromatic rings. The van der Waals surface area contributed by atoms with Gasteiger partial charge in [0, 0.05) is 7.11 Å². The van der Waals surface area contributed by atoms with Crippen molar-refractivity contribution in [3.8, 4) is 5.75 Å². The first-order valence-corrected chi connectivity index (χ1v) is 6.60. The fourth-order valence-corrected chi connectivity index (χ4v) is 1.96. The van der Waals surface area contributed by atoms with Gasteiger partial charge in [0.2, 0.25) is 0 Å². The summed E-state index contributed by atoms with van der Waals surface area (Å²) in [5, 5.41) is 0. The smallest absolute Gasteiger partial charge is 0.188 e. The second-order valence-corrected chi connectivity index (χ2v) is 4.54. The third-order valence-electron chi connectivity index (χ3n) is 3.11. The summed E-state index contributed by atoms with van der Waals surface area (Å²) in [4.78, 5) is 0. The first-order valence-electron chi connectivity index (χ1n) is 6.60. The quantitative estimate of drug-likeness (QED) is 0.731. The highest BCUT2D eigenvalue weighted by Gasteiger charge is 1.98. The molecule has 2 aromatic carbocycles. The second-order valence-electron chi connectivity index (χ2n) is 4.54. The van der Waals surface area contributed by atoms with E-state index in [0.29, 0.717) is 0 Å². The van der Waals surface area contributed by atoms with Gasteiger partial charge in [-0.1, -0.05) is 43.3 Å². The fraction of sp³-hybridized carbons (Fsp3) is 0.294. The lowest BCUT2D eigenvalue weighted by Gasteiger charge is -2.06. The van der Waals surface area contributed by atoms with Gasteiger partial charge in [-0.2, -0.15) is 0 Å². The normalized spacial score (nSPS) is 10.4. The number of aryl methyl sites for hydroxylation is 1. The fourth-order valence-electron chi connectivity index (χ4n) is 1.96. The van der Waals surface area contributed by atoms with Crippen LogP contribution in [0.1, 0.15) is 23.6 Å². The van der Waals surface area contributed by atoms with Gasteiger partial charge < -0.3 is 9.47 Å². The molecule has 0 N–H and O–H groups in total. The molecule has 0 heterocycles. The largest absolute Gasteiger partial charge is 0.468 e. The first kappa shape index (κ1) is 13.6. The average Bonchev–Trinajstić information content (AvgIpc) is 2.47. The molecule has 0 unspecified atom stereocenters. The lowest BCUT2D eigenvalue weighted by atomic mass is 10.0. The van der Waals surface area contributed by atoms with E-state index in [4.69, 9.17) is 9.47 Å². The maximum absolute atomic E-state index is 5.37. The third kappa shape index (κ3) is 4.11. The van der Waals surface area contributed by atoms with Crippen LogP contribution in [0.15, 0.2) is 48.5 Å². The van der Waals surface area contributed by atoms with E-state index in [2.05, 4.69) is 43.3 Å². The Bertz CT molecular complexity index is 486. The van der Waals surface area contributed by atoms with Crippen LogP contribution >= 0.6 is 0 Å². The number of methoxy groups -OCH3 is 1. The van der Waals surface area contributed by atoms with Crippen LogP contribution in [-0.4, -0.2) is 13.9 Å². The van der Waals surface area contributed by atoms with Gasteiger partial charge in [-0.3, -0.25) is 0 Å².